The number of carboxylic acid groups (broad SMARTS) is 1. The van der Waals surface area contributed by atoms with E-state index in [0.29, 0.717) is 30.0 Å². The fourth-order valence-electron chi connectivity index (χ4n) is 5.53. The van der Waals surface area contributed by atoms with Crippen LogP contribution in [0.2, 0.25) is 5.02 Å². The average molecular weight is 510 g/mol. The fraction of sp³-hybridized carbons (Fsp3) is 0.156. The lowest BCUT2D eigenvalue weighted by molar-refractivity contribution is -0.147. The Kier molecular flexibility index (Phi) is 5.65. The van der Waals surface area contributed by atoms with Gasteiger partial charge in [0.15, 0.2) is 0 Å². The fourth-order valence-corrected chi connectivity index (χ4v) is 5.65. The molecule has 0 saturated carbocycles. The molecule has 6 rings (SSSR count). The van der Waals surface area contributed by atoms with Crippen molar-refractivity contribution in [2.24, 2.45) is 5.41 Å². The maximum absolute atomic E-state index is 15.1. The Morgan fingerprint density at radius 2 is 1.62 bits per heavy atom. The topological polar surface area (TPSA) is 42.2 Å². The van der Waals surface area contributed by atoms with Gasteiger partial charge in [0.05, 0.1) is 5.41 Å². The van der Waals surface area contributed by atoms with Crippen LogP contribution in [0.15, 0.2) is 91.0 Å². The van der Waals surface area contributed by atoms with Gasteiger partial charge in [-0.25, -0.2) is 4.39 Å². The second-order valence-electron chi connectivity index (χ2n) is 10.1. The average Bonchev–Trinajstić information content (AvgIpc) is 3.39. The van der Waals surface area contributed by atoms with Crippen molar-refractivity contribution < 1.29 is 14.3 Å². The minimum atomic E-state index is -0.847. The molecule has 1 aliphatic rings. The maximum atomic E-state index is 15.1. The van der Waals surface area contributed by atoms with Crippen LogP contribution in [0, 0.1) is 11.2 Å². The summed E-state index contributed by atoms with van der Waals surface area (Å²) >= 11 is 6.09. The van der Waals surface area contributed by atoms with Gasteiger partial charge in [-0.15, -0.1) is 0 Å². The standard InChI is InChI=1S/C32H25ClFNO2/c1-32(31(36)37)17-27-26-15-22(23-9-13-25(28(34)16-23)21-5-3-2-4-6-21)10-14-29(26)35(30(27)18-32)19-20-7-11-24(33)12-8-20/h2-16H,17-19H2,1H3,(H,36,37). The molecule has 0 amide bonds. The molecular weight excluding hydrogens is 485 g/mol. The SMILES string of the molecule is CC1(C(=O)O)Cc2c(n(Cc3ccc(Cl)cc3)c3ccc(-c4ccc(-c5ccccc5)c(F)c4)cc23)C1. The van der Waals surface area contributed by atoms with Gasteiger partial charge < -0.3 is 9.67 Å². The molecule has 4 aromatic carbocycles. The third kappa shape index (κ3) is 4.11. The van der Waals surface area contributed by atoms with E-state index in [1.54, 1.807) is 6.07 Å². The Morgan fingerprint density at radius 1 is 0.919 bits per heavy atom. The summed E-state index contributed by atoms with van der Waals surface area (Å²) in [6.07, 6.45) is 0.933. The zero-order valence-electron chi connectivity index (χ0n) is 20.3. The van der Waals surface area contributed by atoms with Crippen molar-refractivity contribution in [3.8, 4) is 22.3 Å². The highest BCUT2D eigenvalue weighted by atomic mass is 35.5. The molecule has 1 aromatic heterocycles. The van der Waals surface area contributed by atoms with Crippen LogP contribution in [-0.2, 0) is 24.2 Å². The molecule has 0 saturated heterocycles. The van der Waals surface area contributed by atoms with Crippen LogP contribution in [-0.4, -0.2) is 15.6 Å². The highest BCUT2D eigenvalue weighted by Crippen LogP contribution is 2.44. The molecule has 1 unspecified atom stereocenters. The largest absolute Gasteiger partial charge is 0.481 e. The van der Waals surface area contributed by atoms with Gasteiger partial charge in [0.2, 0.25) is 0 Å². The maximum Gasteiger partial charge on any atom is 0.310 e. The highest BCUT2D eigenvalue weighted by Gasteiger charge is 2.42. The lowest BCUT2D eigenvalue weighted by atomic mass is 9.87. The van der Waals surface area contributed by atoms with E-state index in [4.69, 9.17) is 11.6 Å². The minimum absolute atomic E-state index is 0.271. The van der Waals surface area contributed by atoms with Crippen LogP contribution >= 0.6 is 11.6 Å². The molecule has 0 spiro atoms. The number of halogens is 2. The molecule has 1 aliphatic carbocycles. The van der Waals surface area contributed by atoms with Crippen molar-refractivity contribution in [2.45, 2.75) is 26.3 Å². The van der Waals surface area contributed by atoms with E-state index in [-0.39, 0.29) is 5.82 Å². The minimum Gasteiger partial charge on any atom is -0.481 e. The van der Waals surface area contributed by atoms with Crippen LogP contribution in [0.3, 0.4) is 0 Å². The molecule has 5 aromatic rings. The van der Waals surface area contributed by atoms with Crippen molar-refractivity contribution in [1.29, 1.82) is 0 Å². The van der Waals surface area contributed by atoms with Crippen LogP contribution in [0.1, 0.15) is 23.7 Å². The molecule has 3 nitrogen and oxygen atoms in total. The van der Waals surface area contributed by atoms with Gasteiger partial charge in [0, 0.05) is 40.1 Å². The number of carboxylic acids is 1. The number of benzene rings is 4. The first-order chi connectivity index (χ1) is 17.8. The predicted octanol–water partition coefficient (Wildman–Crippen LogP) is 8.01. The second-order valence-corrected chi connectivity index (χ2v) is 10.6. The Hall–Kier alpha value is -3.89. The van der Waals surface area contributed by atoms with Crippen molar-refractivity contribution in [2.75, 3.05) is 0 Å². The first-order valence-electron chi connectivity index (χ1n) is 12.3. The molecule has 37 heavy (non-hydrogen) atoms. The monoisotopic (exact) mass is 509 g/mol. The quantitative estimate of drug-likeness (QED) is 0.261. The number of hydrogen-bond acceptors (Lipinski definition) is 1. The summed E-state index contributed by atoms with van der Waals surface area (Å²) in [5, 5.41) is 11.7. The molecular formula is C32H25ClFNO2. The summed E-state index contributed by atoms with van der Waals surface area (Å²) in [4.78, 5) is 12.1. The molecule has 0 radical (unpaired) electrons. The summed E-state index contributed by atoms with van der Waals surface area (Å²) in [6, 6.07) is 28.8. The third-order valence-corrected chi connectivity index (χ3v) is 7.82. The van der Waals surface area contributed by atoms with Crippen LogP contribution in [0.4, 0.5) is 4.39 Å². The van der Waals surface area contributed by atoms with Crippen LogP contribution < -0.4 is 0 Å². The molecule has 1 heterocycles. The zero-order valence-corrected chi connectivity index (χ0v) is 21.1. The van der Waals surface area contributed by atoms with E-state index in [0.717, 1.165) is 44.4 Å². The number of hydrogen-bond donors (Lipinski definition) is 1. The zero-order chi connectivity index (χ0) is 25.7. The Morgan fingerprint density at radius 3 is 2.32 bits per heavy atom. The van der Waals surface area contributed by atoms with Gasteiger partial charge in [0.25, 0.3) is 0 Å². The lowest BCUT2D eigenvalue weighted by Crippen LogP contribution is -2.28. The molecule has 1 atom stereocenters. The van der Waals surface area contributed by atoms with Crippen molar-refractivity contribution in [1.82, 2.24) is 4.57 Å². The molecule has 5 heteroatoms. The van der Waals surface area contributed by atoms with E-state index in [1.165, 1.54) is 0 Å². The van der Waals surface area contributed by atoms with Gasteiger partial charge in [-0.2, -0.15) is 0 Å². The Bertz CT molecular complexity index is 1660. The van der Waals surface area contributed by atoms with Gasteiger partial charge in [0.1, 0.15) is 5.82 Å². The number of aliphatic carboxylic acids is 1. The highest BCUT2D eigenvalue weighted by molar-refractivity contribution is 6.30. The summed E-state index contributed by atoms with van der Waals surface area (Å²) in [5.41, 5.74) is 6.52. The molecule has 0 bridgehead atoms. The summed E-state index contributed by atoms with van der Waals surface area (Å²) in [6.45, 7) is 2.44. The van der Waals surface area contributed by atoms with E-state index in [1.807, 2.05) is 79.7 Å². The first kappa shape index (κ1) is 23.5. The molecule has 0 fully saturated rings. The second kappa shape index (κ2) is 8.89. The van der Waals surface area contributed by atoms with E-state index in [2.05, 4.69) is 16.7 Å². The number of carbonyl (C=O) groups is 1. The Labute approximate surface area is 219 Å². The van der Waals surface area contributed by atoms with Gasteiger partial charge in [-0.3, -0.25) is 4.79 Å². The Balaban J connectivity index is 1.45. The normalized spacial score (nSPS) is 16.7. The number of aromatic nitrogens is 1. The van der Waals surface area contributed by atoms with Crippen molar-refractivity contribution >= 4 is 28.5 Å². The predicted molar refractivity (Wildman–Crippen MR) is 146 cm³/mol. The first-order valence-corrected chi connectivity index (χ1v) is 12.7. The number of fused-ring (bicyclic) bond motifs is 3. The van der Waals surface area contributed by atoms with Crippen molar-refractivity contribution in [3.63, 3.8) is 0 Å². The van der Waals surface area contributed by atoms with Gasteiger partial charge in [-0.1, -0.05) is 72.3 Å². The van der Waals surface area contributed by atoms with E-state index >= 15 is 4.39 Å². The summed E-state index contributed by atoms with van der Waals surface area (Å²) in [5.74, 6) is -1.06. The smallest absolute Gasteiger partial charge is 0.310 e. The number of rotatable bonds is 5. The van der Waals surface area contributed by atoms with E-state index < -0.39 is 11.4 Å². The third-order valence-electron chi connectivity index (χ3n) is 7.57. The van der Waals surface area contributed by atoms with Crippen LogP contribution in [0.5, 0.6) is 0 Å². The summed E-state index contributed by atoms with van der Waals surface area (Å²) < 4.78 is 17.4. The van der Waals surface area contributed by atoms with Gasteiger partial charge >= 0.3 is 5.97 Å². The molecule has 1 N–H and O–H groups in total. The molecule has 0 aliphatic heterocycles. The van der Waals surface area contributed by atoms with Crippen LogP contribution in [0.25, 0.3) is 33.2 Å². The van der Waals surface area contributed by atoms with E-state index in [9.17, 15) is 9.90 Å². The van der Waals surface area contributed by atoms with Crippen molar-refractivity contribution in [3.05, 3.63) is 119 Å². The molecule has 184 valence electrons. The summed E-state index contributed by atoms with van der Waals surface area (Å²) in [7, 11) is 0. The van der Waals surface area contributed by atoms with Gasteiger partial charge in [-0.05, 0) is 71.5 Å². The number of nitrogens with zero attached hydrogens (tertiary/aromatic N) is 1. The lowest BCUT2D eigenvalue weighted by Gasteiger charge is -2.19.